The highest BCUT2D eigenvalue weighted by molar-refractivity contribution is 9.09. The minimum Gasteiger partial charge on any atom is -0.338 e. The molecule has 88 valence electrons. The van der Waals surface area contributed by atoms with Crippen molar-refractivity contribution < 1.29 is 9.32 Å². The summed E-state index contributed by atoms with van der Waals surface area (Å²) in [6.45, 7) is 4.82. The summed E-state index contributed by atoms with van der Waals surface area (Å²) in [5.74, 6) is 1.40. The molecule has 1 aliphatic rings. The predicted octanol–water partition coefficient (Wildman–Crippen LogP) is 2.55. The lowest BCUT2D eigenvalue weighted by Crippen LogP contribution is -2.24. The monoisotopic (exact) mass is 286 g/mol. The van der Waals surface area contributed by atoms with E-state index in [-0.39, 0.29) is 5.91 Å². The first-order chi connectivity index (χ1) is 7.61. The van der Waals surface area contributed by atoms with Crippen molar-refractivity contribution in [1.29, 1.82) is 0 Å². The Hall–Kier alpha value is -0.840. The standard InChI is InChI=1S/C11H15BrN2O2/c1-7(2)9-4-11(16-13-9)14-6-8(5-12)3-10(14)15/h4,7-8H,3,5-6H2,1-2H3. The van der Waals surface area contributed by atoms with Gasteiger partial charge < -0.3 is 4.52 Å². The van der Waals surface area contributed by atoms with Crippen molar-refractivity contribution >= 4 is 27.7 Å². The molecular weight excluding hydrogens is 272 g/mol. The summed E-state index contributed by atoms with van der Waals surface area (Å²) in [4.78, 5) is 13.4. The number of carbonyl (C=O) groups excluding carboxylic acids is 1. The maximum Gasteiger partial charge on any atom is 0.234 e. The SMILES string of the molecule is CC(C)c1cc(N2CC(CBr)CC2=O)on1. The van der Waals surface area contributed by atoms with Crippen LogP contribution in [0, 0.1) is 5.92 Å². The van der Waals surface area contributed by atoms with Crippen LogP contribution in [0.25, 0.3) is 0 Å². The van der Waals surface area contributed by atoms with Gasteiger partial charge in [-0.3, -0.25) is 9.69 Å². The van der Waals surface area contributed by atoms with Crippen LogP contribution in [0.15, 0.2) is 10.6 Å². The molecular formula is C11H15BrN2O2. The average Bonchev–Trinajstić information content (AvgIpc) is 2.83. The van der Waals surface area contributed by atoms with E-state index in [0.717, 1.165) is 17.6 Å². The number of carbonyl (C=O) groups is 1. The minimum atomic E-state index is 0.121. The second kappa shape index (κ2) is 4.57. The van der Waals surface area contributed by atoms with Gasteiger partial charge in [0, 0.05) is 24.4 Å². The zero-order valence-electron chi connectivity index (χ0n) is 9.44. The molecule has 1 fully saturated rings. The van der Waals surface area contributed by atoms with E-state index in [1.807, 2.05) is 6.07 Å². The highest BCUT2D eigenvalue weighted by Crippen LogP contribution is 2.28. The van der Waals surface area contributed by atoms with Crippen molar-refractivity contribution in [2.45, 2.75) is 26.2 Å². The van der Waals surface area contributed by atoms with Crippen LogP contribution < -0.4 is 4.90 Å². The molecule has 1 aromatic heterocycles. The van der Waals surface area contributed by atoms with E-state index in [1.165, 1.54) is 0 Å². The van der Waals surface area contributed by atoms with Crippen molar-refractivity contribution in [2.75, 3.05) is 16.8 Å². The maximum absolute atomic E-state index is 11.7. The molecule has 1 aromatic rings. The summed E-state index contributed by atoms with van der Waals surface area (Å²) in [5.41, 5.74) is 0.894. The van der Waals surface area contributed by atoms with E-state index in [4.69, 9.17) is 4.52 Å². The molecule has 2 rings (SSSR count). The van der Waals surface area contributed by atoms with Gasteiger partial charge in [0.1, 0.15) is 0 Å². The summed E-state index contributed by atoms with van der Waals surface area (Å²) in [7, 11) is 0. The molecule has 0 saturated carbocycles. The Bertz CT molecular complexity index is 389. The van der Waals surface area contributed by atoms with Gasteiger partial charge in [0.2, 0.25) is 11.8 Å². The number of anilines is 1. The van der Waals surface area contributed by atoms with Crippen LogP contribution >= 0.6 is 15.9 Å². The topological polar surface area (TPSA) is 46.3 Å². The maximum atomic E-state index is 11.7. The number of hydrogen-bond donors (Lipinski definition) is 0. The molecule has 0 spiro atoms. The molecule has 4 nitrogen and oxygen atoms in total. The fourth-order valence-corrected chi connectivity index (χ4v) is 2.21. The molecule has 1 saturated heterocycles. The fraction of sp³-hybridized carbons (Fsp3) is 0.636. The van der Waals surface area contributed by atoms with Gasteiger partial charge in [-0.15, -0.1) is 0 Å². The average molecular weight is 287 g/mol. The number of rotatable bonds is 3. The number of halogens is 1. The summed E-state index contributed by atoms with van der Waals surface area (Å²) < 4.78 is 5.21. The predicted molar refractivity (Wildman–Crippen MR) is 64.8 cm³/mol. The second-order valence-corrected chi connectivity index (χ2v) is 5.12. The fourth-order valence-electron chi connectivity index (χ4n) is 1.78. The van der Waals surface area contributed by atoms with Gasteiger partial charge in [0.15, 0.2) is 0 Å². The first-order valence-corrected chi connectivity index (χ1v) is 6.57. The lowest BCUT2D eigenvalue weighted by atomic mass is 10.1. The van der Waals surface area contributed by atoms with Gasteiger partial charge in [-0.1, -0.05) is 34.9 Å². The third-order valence-electron chi connectivity index (χ3n) is 2.80. The second-order valence-electron chi connectivity index (χ2n) is 4.47. The van der Waals surface area contributed by atoms with Crippen LogP contribution in [0.4, 0.5) is 5.88 Å². The Balaban J connectivity index is 2.15. The molecule has 1 unspecified atom stereocenters. The highest BCUT2D eigenvalue weighted by atomic mass is 79.9. The van der Waals surface area contributed by atoms with Gasteiger partial charge in [-0.25, -0.2) is 0 Å². The number of hydrogen-bond acceptors (Lipinski definition) is 3. The zero-order chi connectivity index (χ0) is 11.7. The normalized spacial score (nSPS) is 21.1. The molecule has 1 amide bonds. The van der Waals surface area contributed by atoms with E-state index in [1.54, 1.807) is 4.90 Å². The third kappa shape index (κ3) is 2.14. The zero-order valence-corrected chi connectivity index (χ0v) is 11.0. The minimum absolute atomic E-state index is 0.121. The molecule has 1 atom stereocenters. The number of alkyl halides is 1. The Morgan fingerprint density at radius 2 is 2.44 bits per heavy atom. The first kappa shape index (κ1) is 11.6. The van der Waals surface area contributed by atoms with E-state index in [9.17, 15) is 4.79 Å². The van der Waals surface area contributed by atoms with Crippen molar-refractivity contribution in [2.24, 2.45) is 5.92 Å². The molecule has 5 heteroatoms. The molecule has 0 radical (unpaired) electrons. The van der Waals surface area contributed by atoms with Crippen molar-refractivity contribution in [1.82, 2.24) is 5.16 Å². The first-order valence-electron chi connectivity index (χ1n) is 5.44. The van der Waals surface area contributed by atoms with Gasteiger partial charge in [0.05, 0.1) is 5.69 Å². The van der Waals surface area contributed by atoms with Gasteiger partial charge in [0.25, 0.3) is 0 Å². The van der Waals surface area contributed by atoms with Gasteiger partial charge >= 0.3 is 0 Å². The van der Waals surface area contributed by atoms with E-state index in [0.29, 0.717) is 24.1 Å². The number of aromatic nitrogens is 1. The molecule has 2 heterocycles. The van der Waals surface area contributed by atoms with Gasteiger partial charge in [-0.05, 0) is 11.8 Å². The van der Waals surface area contributed by atoms with Crippen molar-refractivity contribution in [3.8, 4) is 0 Å². The largest absolute Gasteiger partial charge is 0.338 e. The summed E-state index contributed by atoms with van der Waals surface area (Å²) in [6.07, 6.45) is 0.586. The summed E-state index contributed by atoms with van der Waals surface area (Å²) >= 11 is 3.41. The van der Waals surface area contributed by atoms with Crippen LogP contribution in [-0.2, 0) is 4.79 Å². The van der Waals surface area contributed by atoms with Crippen LogP contribution in [-0.4, -0.2) is 22.9 Å². The Morgan fingerprint density at radius 1 is 1.69 bits per heavy atom. The van der Waals surface area contributed by atoms with Crippen LogP contribution in [0.3, 0.4) is 0 Å². The highest BCUT2D eigenvalue weighted by Gasteiger charge is 2.32. The lowest BCUT2D eigenvalue weighted by molar-refractivity contribution is -0.117. The van der Waals surface area contributed by atoms with Crippen molar-refractivity contribution in [3.05, 3.63) is 11.8 Å². The van der Waals surface area contributed by atoms with Gasteiger partial charge in [-0.2, -0.15) is 0 Å². The molecule has 0 N–H and O–H groups in total. The lowest BCUT2D eigenvalue weighted by Gasteiger charge is -2.10. The molecule has 0 aromatic carbocycles. The van der Waals surface area contributed by atoms with Crippen molar-refractivity contribution in [3.63, 3.8) is 0 Å². The molecule has 1 aliphatic heterocycles. The Labute approximate surface area is 103 Å². The third-order valence-corrected chi connectivity index (χ3v) is 3.71. The summed E-state index contributed by atoms with van der Waals surface area (Å²) in [5, 5.41) is 4.81. The smallest absolute Gasteiger partial charge is 0.234 e. The van der Waals surface area contributed by atoms with E-state index < -0.39 is 0 Å². The van der Waals surface area contributed by atoms with E-state index >= 15 is 0 Å². The number of nitrogens with zero attached hydrogens (tertiary/aromatic N) is 2. The molecule has 0 aliphatic carbocycles. The van der Waals surface area contributed by atoms with Crippen LogP contribution in [0.5, 0.6) is 0 Å². The quantitative estimate of drug-likeness (QED) is 0.803. The Morgan fingerprint density at radius 3 is 2.94 bits per heavy atom. The molecule has 0 bridgehead atoms. The Kier molecular flexibility index (Phi) is 3.33. The number of amides is 1. The molecule has 16 heavy (non-hydrogen) atoms. The van der Waals surface area contributed by atoms with E-state index in [2.05, 4.69) is 34.9 Å². The summed E-state index contributed by atoms with van der Waals surface area (Å²) in [6, 6.07) is 1.86. The van der Waals surface area contributed by atoms with Crippen LogP contribution in [0.1, 0.15) is 31.9 Å². The van der Waals surface area contributed by atoms with Crippen LogP contribution in [0.2, 0.25) is 0 Å².